The van der Waals surface area contributed by atoms with Crippen molar-refractivity contribution in [2.45, 2.75) is 12.5 Å². The van der Waals surface area contributed by atoms with E-state index in [9.17, 15) is 4.79 Å². The van der Waals surface area contributed by atoms with Gasteiger partial charge < -0.3 is 29.0 Å². The van der Waals surface area contributed by atoms with E-state index in [-0.39, 0.29) is 11.9 Å². The van der Waals surface area contributed by atoms with Crippen molar-refractivity contribution in [2.24, 2.45) is 5.92 Å². The number of fused-ring (bicyclic) bond motifs is 1. The molecule has 2 unspecified atom stereocenters. The maximum absolute atomic E-state index is 12.9. The third kappa shape index (κ3) is 4.19. The molecule has 0 saturated carbocycles. The third-order valence-electron chi connectivity index (χ3n) is 5.59. The van der Waals surface area contributed by atoms with Gasteiger partial charge in [-0.2, -0.15) is 0 Å². The van der Waals surface area contributed by atoms with Crippen LogP contribution in [0.1, 0.15) is 16.8 Å². The first-order chi connectivity index (χ1) is 13.8. The van der Waals surface area contributed by atoms with E-state index in [0.29, 0.717) is 48.5 Å². The number of amides is 1. The molecule has 1 aromatic rings. The fraction of sp³-hybridized carbons (Fsp3) is 0.650. The second kappa shape index (κ2) is 8.98. The first kappa shape index (κ1) is 19.3. The minimum absolute atomic E-state index is 0.146. The lowest BCUT2D eigenvalue weighted by Gasteiger charge is -2.37. The number of methoxy groups -OCH3 is 1. The topological polar surface area (TPSA) is 78.5 Å². The second-order valence-corrected chi connectivity index (χ2v) is 7.25. The Bertz CT molecular complexity index is 668. The standard InChI is InChI=1S/C20H28N2O6/c1-24-17-10-15(11-18-19(17)28-9-8-27-18)20(23)21-12-16(14-2-5-26-13-14)22-3-6-25-7-4-22/h10-11,14,16H,2-9,12-13H2,1H3,(H,21,23). The van der Waals surface area contributed by atoms with E-state index in [1.807, 2.05) is 0 Å². The van der Waals surface area contributed by atoms with E-state index < -0.39 is 0 Å². The SMILES string of the molecule is COc1cc(C(=O)NCC(C2CCOC2)N2CCOCC2)cc2c1OCCO2. The molecule has 2 fully saturated rings. The Morgan fingerprint density at radius 1 is 1.18 bits per heavy atom. The van der Waals surface area contributed by atoms with Gasteiger partial charge in [0, 0.05) is 43.8 Å². The molecule has 3 heterocycles. The second-order valence-electron chi connectivity index (χ2n) is 7.25. The summed E-state index contributed by atoms with van der Waals surface area (Å²) in [6, 6.07) is 3.66. The summed E-state index contributed by atoms with van der Waals surface area (Å²) in [6.45, 7) is 6.28. The first-order valence-corrected chi connectivity index (χ1v) is 9.91. The summed E-state index contributed by atoms with van der Waals surface area (Å²) >= 11 is 0. The van der Waals surface area contributed by atoms with Crippen LogP contribution in [0.15, 0.2) is 12.1 Å². The van der Waals surface area contributed by atoms with Crippen LogP contribution in [0.25, 0.3) is 0 Å². The van der Waals surface area contributed by atoms with E-state index in [1.54, 1.807) is 19.2 Å². The van der Waals surface area contributed by atoms with E-state index in [4.69, 9.17) is 23.7 Å². The van der Waals surface area contributed by atoms with Crippen molar-refractivity contribution in [3.63, 3.8) is 0 Å². The van der Waals surface area contributed by atoms with E-state index in [0.717, 1.165) is 45.9 Å². The normalized spacial score (nSPS) is 23.2. The summed E-state index contributed by atoms with van der Waals surface area (Å²) in [5.74, 6) is 1.89. The van der Waals surface area contributed by atoms with Crippen LogP contribution in [-0.4, -0.2) is 83.2 Å². The van der Waals surface area contributed by atoms with Gasteiger partial charge in [-0.3, -0.25) is 9.69 Å². The van der Waals surface area contributed by atoms with Crippen LogP contribution in [0.4, 0.5) is 0 Å². The van der Waals surface area contributed by atoms with Gasteiger partial charge in [0.15, 0.2) is 11.5 Å². The number of hydrogen-bond acceptors (Lipinski definition) is 7. The largest absolute Gasteiger partial charge is 0.493 e. The Labute approximate surface area is 165 Å². The summed E-state index contributed by atoms with van der Waals surface area (Å²) in [6.07, 6.45) is 1.02. The maximum Gasteiger partial charge on any atom is 0.251 e. The number of carbonyl (C=O) groups is 1. The number of carbonyl (C=O) groups excluding carboxylic acids is 1. The zero-order chi connectivity index (χ0) is 19.3. The summed E-state index contributed by atoms with van der Waals surface area (Å²) in [5.41, 5.74) is 0.504. The number of morpholine rings is 1. The van der Waals surface area contributed by atoms with Crippen molar-refractivity contribution >= 4 is 5.91 Å². The molecule has 1 aromatic carbocycles. The lowest BCUT2D eigenvalue weighted by atomic mass is 9.96. The number of benzene rings is 1. The number of ether oxygens (including phenoxy) is 5. The highest BCUT2D eigenvalue weighted by atomic mass is 16.6. The van der Waals surface area contributed by atoms with Crippen LogP contribution < -0.4 is 19.5 Å². The van der Waals surface area contributed by atoms with Crippen molar-refractivity contribution < 1.29 is 28.5 Å². The Morgan fingerprint density at radius 3 is 2.75 bits per heavy atom. The summed E-state index contributed by atoms with van der Waals surface area (Å²) in [5, 5.41) is 3.10. The minimum Gasteiger partial charge on any atom is -0.493 e. The number of hydrogen-bond donors (Lipinski definition) is 1. The van der Waals surface area contributed by atoms with E-state index in [2.05, 4.69) is 10.2 Å². The highest BCUT2D eigenvalue weighted by molar-refractivity contribution is 5.95. The average molecular weight is 392 g/mol. The fourth-order valence-corrected chi connectivity index (χ4v) is 4.06. The molecule has 2 atom stereocenters. The molecule has 3 aliphatic heterocycles. The Morgan fingerprint density at radius 2 is 2.00 bits per heavy atom. The van der Waals surface area contributed by atoms with Crippen molar-refractivity contribution in [3.8, 4) is 17.2 Å². The molecule has 0 aliphatic carbocycles. The molecule has 28 heavy (non-hydrogen) atoms. The highest BCUT2D eigenvalue weighted by Gasteiger charge is 2.32. The van der Waals surface area contributed by atoms with Gasteiger partial charge >= 0.3 is 0 Å². The molecule has 2 saturated heterocycles. The molecule has 3 aliphatic rings. The minimum atomic E-state index is -0.146. The number of rotatable bonds is 6. The summed E-state index contributed by atoms with van der Waals surface area (Å²) in [4.78, 5) is 15.3. The van der Waals surface area contributed by atoms with Crippen molar-refractivity contribution in [2.75, 3.05) is 66.4 Å². The van der Waals surface area contributed by atoms with Gasteiger partial charge in [-0.05, 0) is 18.6 Å². The zero-order valence-corrected chi connectivity index (χ0v) is 16.3. The molecule has 8 nitrogen and oxygen atoms in total. The van der Waals surface area contributed by atoms with Crippen LogP contribution >= 0.6 is 0 Å². The Kier molecular flexibility index (Phi) is 6.19. The molecular formula is C20H28N2O6. The number of nitrogens with one attached hydrogen (secondary N) is 1. The Hall–Kier alpha value is -2.03. The van der Waals surface area contributed by atoms with Gasteiger partial charge in [0.2, 0.25) is 5.75 Å². The van der Waals surface area contributed by atoms with Gasteiger partial charge in [0.05, 0.1) is 26.9 Å². The van der Waals surface area contributed by atoms with Crippen LogP contribution in [0, 0.1) is 5.92 Å². The van der Waals surface area contributed by atoms with Gasteiger partial charge in [-0.25, -0.2) is 0 Å². The van der Waals surface area contributed by atoms with Crippen molar-refractivity contribution in [3.05, 3.63) is 17.7 Å². The Balaban J connectivity index is 1.45. The van der Waals surface area contributed by atoms with E-state index >= 15 is 0 Å². The summed E-state index contributed by atoms with van der Waals surface area (Å²) < 4.78 is 27.7. The molecule has 1 N–H and O–H groups in total. The zero-order valence-electron chi connectivity index (χ0n) is 16.3. The molecule has 0 bridgehead atoms. The highest BCUT2D eigenvalue weighted by Crippen LogP contribution is 2.40. The first-order valence-electron chi connectivity index (χ1n) is 9.91. The summed E-state index contributed by atoms with van der Waals surface area (Å²) in [7, 11) is 1.56. The molecule has 8 heteroatoms. The average Bonchev–Trinajstić information content (AvgIpc) is 3.28. The monoisotopic (exact) mass is 392 g/mol. The molecule has 4 rings (SSSR count). The lowest BCUT2D eigenvalue weighted by Crippen LogP contribution is -2.52. The van der Waals surface area contributed by atoms with Crippen LogP contribution in [0.3, 0.4) is 0 Å². The molecular weight excluding hydrogens is 364 g/mol. The molecule has 1 amide bonds. The van der Waals surface area contributed by atoms with Gasteiger partial charge in [0.25, 0.3) is 5.91 Å². The smallest absolute Gasteiger partial charge is 0.251 e. The van der Waals surface area contributed by atoms with Crippen LogP contribution in [0.2, 0.25) is 0 Å². The van der Waals surface area contributed by atoms with Crippen molar-refractivity contribution in [1.29, 1.82) is 0 Å². The predicted octanol–water partition coefficient (Wildman–Crippen LogP) is 0.934. The molecule has 154 valence electrons. The maximum atomic E-state index is 12.9. The quantitative estimate of drug-likeness (QED) is 0.772. The number of nitrogens with zero attached hydrogens (tertiary/aromatic N) is 1. The van der Waals surface area contributed by atoms with Crippen LogP contribution in [0.5, 0.6) is 17.2 Å². The lowest BCUT2D eigenvalue weighted by molar-refractivity contribution is 0.00166. The van der Waals surface area contributed by atoms with E-state index in [1.165, 1.54) is 0 Å². The molecule has 0 spiro atoms. The van der Waals surface area contributed by atoms with Gasteiger partial charge in [-0.15, -0.1) is 0 Å². The van der Waals surface area contributed by atoms with Crippen LogP contribution in [-0.2, 0) is 9.47 Å². The predicted molar refractivity (Wildman–Crippen MR) is 101 cm³/mol. The third-order valence-corrected chi connectivity index (χ3v) is 5.59. The molecule has 0 aromatic heterocycles. The van der Waals surface area contributed by atoms with Crippen molar-refractivity contribution in [1.82, 2.24) is 10.2 Å². The van der Waals surface area contributed by atoms with Gasteiger partial charge in [0.1, 0.15) is 13.2 Å². The fourth-order valence-electron chi connectivity index (χ4n) is 4.06. The van der Waals surface area contributed by atoms with Gasteiger partial charge in [-0.1, -0.05) is 0 Å². The molecule has 0 radical (unpaired) electrons.